The van der Waals surface area contributed by atoms with Gasteiger partial charge in [0.1, 0.15) is 11.7 Å². The maximum Gasteiger partial charge on any atom is 0.442 e. The highest BCUT2D eigenvalue weighted by atomic mass is 19.4. The monoisotopic (exact) mass is 416 g/mol. The fourth-order valence-corrected chi connectivity index (χ4v) is 4.12. The lowest BCUT2D eigenvalue weighted by Gasteiger charge is -2.35. The summed E-state index contributed by atoms with van der Waals surface area (Å²) >= 11 is 0. The second-order valence-electron chi connectivity index (χ2n) is 7.77. The van der Waals surface area contributed by atoms with Crippen molar-refractivity contribution in [1.82, 2.24) is 9.88 Å². The number of halogens is 3. The molecule has 0 radical (unpaired) electrons. The first-order valence-electron chi connectivity index (χ1n) is 10.1. The molecule has 0 spiro atoms. The summed E-state index contributed by atoms with van der Waals surface area (Å²) in [6, 6.07) is 11.6. The number of anilines is 1. The highest BCUT2D eigenvalue weighted by molar-refractivity contribution is 6.16. The van der Waals surface area contributed by atoms with E-state index in [2.05, 4.69) is 15.3 Å². The number of amidine groups is 1. The Bertz CT molecular complexity index is 954. The highest BCUT2D eigenvalue weighted by Crippen LogP contribution is 2.42. The summed E-state index contributed by atoms with van der Waals surface area (Å²) < 4.78 is 43.4. The number of alkyl halides is 3. The fourth-order valence-electron chi connectivity index (χ4n) is 4.12. The van der Waals surface area contributed by atoms with Crippen molar-refractivity contribution in [3.63, 3.8) is 0 Å². The standard InChI is InChI=1S/C22H23F3N4O/c1-15-9-8-14-26-18(15)27-21(22(23,24)25)20(30)29(17-12-6-3-7-13-17)19(28-21)16-10-4-2-5-11-16/h2,4-5,8-11,14,17H,3,6-7,12-13H2,1H3,(H,26,27)/t21-/m0/s1. The molecule has 2 aromatic rings. The third-order valence-corrected chi connectivity index (χ3v) is 5.72. The van der Waals surface area contributed by atoms with Gasteiger partial charge in [-0.1, -0.05) is 55.7 Å². The van der Waals surface area contributed by atoms with Gasteiger partial charge in [-0.2, -0.15) is 13.2 Å². The number of aliphatic imine (C=N–C) groups is 1. The predicted octanol–water partition coefficient (Wildman–Crippen LogP) is 4.68. The quantitative estimate of drug-likeness (QED) is 0.787. The molecule has 1 aromatic carbocycles. The number of carbonyl (C=O) groups excluding carboxylic acids is 1. The number of benzene rings is 1. The molecule has 1 amide bonds. The van der Waals surface area contributed by atoms with Gasteiger partial charge >= 0.3 is 11.8 Å². The molecule has 1 aromatic heterocycles. The molecular weight excluding hydrogens is 393 g/mol. The average molecular weight is 416 g/mol. The van der Waals surface area contributed by atoms with Gasteiger partial charge in [0.05, 0.1) is 0 Å². The lowest BCUT2D eigenvalue weighted by molar-refractivity contribution is -0.186. The number of carbonyl (C=O) groups is 1. The minimum Gasteiger partial charge on any atom is -0.330 e. The number of rotatable bonds is 4. The van der Waals surface area contributed by atoms with E-state index in [1.807, 2.05) is 0 Å². The van der Waals surface area contributed by atoms with Crippen LogP contribution in [-0.2, 0) is 4.79 Å². The molecule has 30 heavy (non-hydrogen) atoms. The van der Waals surface area contributed by atoms with Crippen LogP contribution in [0.15, 0.2) is 53.7 Å². The molecule has 8 heteroatoms. The van der Waals surface area contributed by atoms with Crippen LogP contribution in [0.2, 0.25) is 0 Å². The summed E-state index contributed by atoms with van der Waals surface area (Å²) in [6.07, 6.45) is 0.538. The van der Waals surface area contributed by atoms with Gasteiger partial charge in [-0.3, -0.25) is 9.69 Å². The number of nitrogens with one attached hydrogen (secondary N) is 1. The van der Waals surface area contributed by atoms with E-state index in [1.165, 1.54) is 11.1 Å². The van der Waals surface area contributed by atoms with Crippen LogP contribution >= 0.6 is 0 Å². The summed E-state index contributed by atoms with van der Waals surface area (Å²) in [5.74, 6) is -1.04. The molecule has 1 N–H and O–H groups in total. The van der Waals surface area contributed by atoms with Crippen LogP contribution in [0, 0.1) is 6.92 Å². The third kappa shape index (κ3) is 3.44. The molecule has 1 aliphatic heterocycles. The Morgan fingerprint density at radius 2 is 1.77 bits per heavy atom. The lowest BCUT2D eigenvalue weighted by Crippen LogP contribution is -2.59. The van der Waals surface area contributed by atoms with Crippen molar-refractivity contribution >= 4 is 17.6 Å². The zero-order chi connectivity index (χ0) is 21.4. The maximum absolute atomic E-state index is 14.5. The SMILES string of the molecule is Cc1cccnc1N[C@]1(C(F)(F)F)N=C(c2ccccc2)N(C2CCCCC2)C1=O. The number of aromatic nitrogens is 1. The zero-order valence-electron chi connectivity index (χ0n) is 16.6. The van der Waals surface area contributed by atoms with Gasteiger partial charge in [0.25, 0.3) is 5.91 Å². The van der Waals surface area contributed by atoms with Crippen LogP contribution in [0.1, 0.15) is 43.2 Å². The van der Waals surface area contributed by atoms with Crippen LogP contribution < -0.4 is 5.32 Å². The van der Waals surface area contributed by atoms with E-state index in [4.69, 9.17) is 0 Å². The van der Waals surface area contributed by atoms with Crippen LogP contribution in [0.3, 0.4) is 0 Å². The van der Waals surface area contributed by atoms with Gasteiger partial charge in [0.15, 0.2) is 0 Å². The summed E-state index contributed by atoms with van der Waals surface area (Å²) in [6.45, 7) is 1.64. The normalized spacial score (nSPS) is 22.9. The molecule has 1 saturated carbocycles. The molecule has 0 bridgehead atoms. The Labute approximate surface area is 173 Å². The molecular formula is C22H23F3N4O. The summed E-state index contributed by atoms with van der Waals surface area (Å²) in [4.78, 5) is 22.8. The van der Waals surface area contributed by atoms with Crippen molar-refractivity contribution in [1.29, 1.82) is 0 Å². The summed E-state index contributed by atoms with van der Waals surface area (Å²) in [5, 5.41) is 2.37. The van der Waals surface area contributed by atoms with Gasteiger partial charge in [-0.05, 0) is 31.4 Å². The second kappa shape index (κ2) is 7.74. The average Bonchev–Trinajstić information content (AvgIpc) is 3.04. The minimum absolute atomic E-state index is 0.00942. The van der Waals surface area contributed by atoms with E-state index >= 15 is 0 Å². The topological polar surface area (TPSA) is 57.6 Å². The number of hydrogen-bond donors (Lipinski definition) is 1. The first-order chi connectivity index (χ1) is 14.3. The molecule has 0 unspecified atom stereocenters. The van der Waals surface area contributed by atoms with Gasteiger partial charge in [-0.15, -0.1) is 0 Å². The molecule has 1 fully saturated rings. The van der Waals surface area contributed by atoms with Crippen molar-refractivity contribution in [2.45, 2.75) is 56.9 Å². The van der Waals surface area contributed by atoms with E-state index in [0.29, 0.717) is 24.0 Å². The smallest absolute Gasteiger partial charge is 0.330 e. The number of hydrogen-bond acceptors (Lipinski definition) is 4. The summed E-state index contributed by atoms with van der Waals surface area (Å²) in [7, 11) is 0. The van der Waals surface area contributed by atoms with Crippen LogP contribution in [-0.4, -0.2) is 39.5 Å². The first kappa shape index (κ1) is 20.4. The van der Waals surface area contributed by atoms with Crippen molar-refractivity contribution in [3.05, 3.63) is 59.8 Å². The van der Waals surface area contributed by atoms with Crippen molar-refractivity contribution in [2.75, 3.05) is 5.32 Å². The number of amides is 1. The van der Waals surface area contributed by atoms with Gasteiger partial charge < -0.3 is 5.32 Å². The Kier molecular flexibility index (Phi) is 5.26. The highest BCUT2D eigenvalue weighted by Gasteiger charge is 2.67. The zero-order valence-corrected chi connectivity index (χ0v) is 16.6. The Balaban J connectivity index is 1.85. The van der Waals surface area contributed by atoms with Crippen LogP contribution in [0.25, 0.3) is 0 Å². The van der Waals surface area contributed by atoms with Crippen molar-refractivity contribution in [3.8, 4) is 0 Å². The number of aryl methyl sites for hydroxylation is 1. The van der Waals surface area contributed by atoms with Crippen LogP contribution in [0.5, 0.6) is 0 Å². The molecule has 5 nitrogen and oxygen atoms in total. The Morgan fingerprint density at radius 1 is 1.07 bits per heavy atom. The van der Waals surface area contributed by atoms with Gasteiger partial charge in [0, 0.05) is 17.8 Å². The number of pyridine rings is 1. The number of nitrogens with zero attached hydrogens (tertiary/aromatic N) is 3. The predicted molar refractivity (Wildman–Crippen MR) is 108 cm³/mol. The molecule has 0 saturated heterocycles. The molecule has 4 rings (SSSR count). The molecule has 158 valence electrons. The van der Waals surface area contributed by atoms with E-state index in [0.717, 1.165) is 19.3 Å². The lowest BCUT2D eigenvalue weighted by atomic mass is 9.93. The third-order valence-electron chi connectivity index (χ3n) is 5.72. The molecule has 2 heterocycles. The van der Waals surface area contributed by atoms with E-state index in [-0.39, 0.29) is 17.7 Å². The molecule has 1 atom stereocenters. The molecule has 2 aliphatic rings. The van der Waals surface area contributed by atoms with E-state index in [9.17, 15) is 18.0 Å². The van der Waals surface area contributed by atoms with E-state index in [1.54, 1.807) is 49.4 Å². The summed E-state index contributed by atoms with van der Waals surface area (Å²) in [5.41, 5.74) is -2.11. The van der Waals surface area contributed by atoms with E-state index < -0.39 is 17.7 Å². The van der Waals surface area contributed by atoms with Crippen molar-refractivity contribution in [2.24, 2.45) is 4.99 Å². The van der Waals surface area contributed by atoms with Crippen LogP contribution in [0.4, 0.5) is 19.0 Å². The van der Waals surface area contributed by atoms with Crippen molar-refractivity contribution < 1.29 is 18.0 Å². The second-order valence-corrected chi connectivity index (χ2v) is 7.77. The Hall–Kier alpha value is -2.90. The molecule has 1 aliphatic carbocycles. The Morgan fingerprint density at radius 3 is 2.40 bits per heavy atom. The van der Waals surface area contributed by atoms with Gasteiger partial charge in [-0.25, -0.2) is 9.98 Å². The maximum atomic E-state index is 14.5. The fraction of sp³-hybridized carbons (Fsp3) is 0.409. The largest absolute Gasteiger partial charge is 0.442 e. The van der Waals surface area contributed by atoms with Gasteiger partial charge in [0.2, 0.25) is 0 Å². The minimum atomic E-state index is -4.95. The first-order valence-corrected chi connectivity index (χ1v) is 10.1.